The van der Waals surface area contributed by atoms with Crippen molar-refractivity contribution >= 4 is 5.91 Å². The van der Waals surface area contributed by atoms with Gasteiger partial charge in [0.2, 0.25) is 5.91 Å². The van der Waals surface area contributed by atoms with Crippen molar-refractivity contribution in [1.82, 2.24) is 5.32 Å². The number of amides is 1. The molecule has 0 saturated heterocycles. The highest BCUT2D eigenvalue weighted by Crippen LogP contribution is 2.15. The molecule has 0 saturated carbocycles. The average Bonchev–Trinajstić information content (AvgIpc) is 3.06. The van der Waals surface area contributed by atoms with Crippen molar-refractivity contribution in [3.05, 3.63) is 24.3 Å². The van der Waals surface area contributed by atoms with Gasteiger partial charge in [0.05, 0.1) is 31.3 Å². The quantitative estimate of drug-likeness (QED) is 0.0393. The Bertz CT molecular complexity index is 694. The maximum Gasteiger partial charge on any atom is 0.222 e. The molecule has 3 unspecified atom stereocenters. The molecule has 47 heavy (non-hydrogen) atoms. The van der Waals surface area contributed by atoms with E-state index in [9.17, 15) is 20.1 Å². The number of carbonyl (C=O) groups excluding carboxylic acids is 1. The number of rotatable bonds is 37. The first-order valence-corrected chi connectivity index (χ1v) is 20.6. The molecule has 1 amide bonds. The van der Waals surface area contributed by atoms with Gasteiger partial charge < -0.3 is 20.6 Å². The van der Waals surface area contributed by atoms with Crippen molar-refractivity contribution in [2.24, 2.45) is 0 Å². The Morgan fingerprint density at radius 2 is 0.915 bits per heavy atom. The van der Waals surface area contributed by atoms with Crippen LogP contribution in [0.5, 0.6) is 0 Å². The SMILES string of the molecule is CCCCCCCCCCCCCCC/C=C/CC/C=C/C(O)C(CO)NC(=O)CC(O)CCCCCCCCCCCCCCC. The third-order valence-electron chi connectivity index (χ3n) is 9.49. The van der Waals surface area contributed by atoms with Crippen molar-refractivity contribution in [2.75, 3.05) is 6.61 Å². The number of hydrogen-bond donors (Lipinski definition) is 4. The van der Waals surface area contributed by atoms with Crippen molar-refractivity contribution in [3.8, 4) is 0 Å². The lowest BCUT2D eigenvalue weighted by atomic mass is 10.0. The van der Waals surface area contributed by atoms with Gasteiger partial charge in [0.15, 0.2) is 0 Å². The van der Waals surface area contributed by atoms with E-state index < -0.39 is 18.2 Å². The standard InChI is InChI=1S/C42H81NO4/c1-3-5-7-9-11-13-15-17-18-19-20-21-22-24-26-28-30-32-34-36-41(46)40(38-44)43-42(47)37-39(45)35-33-31-29-27-25-23-16-14-12-10-8-6-4-2/h26,28,34,36,39-41,44-46H,3-25,27,29-33,35,37-38H2,1-2H3,(H,43,47)/b28-26+,36-34+. The van der Waals surface area contributed by atoms with Crippen LogP contribution in [0.4, 0.5) is 0 Å². The highest BCUT2D eigenvalue weighted by atomic mass is 16.3. The summed E-state index contributed by atoms with van der Waals surface area (Å²) in [5.74, 6) is -0.324. The van der Waals surface area contributed by atoms with Crippen LogP contribution < -0.4 is 5.32 Å². The van der Waals surface area contributed by atoms with Crippen LogP contribution in [0.1, 0.15) is 213 Å². The topological polar surface area (TPSA) is 89.8 Å². The second-order valence-electron chi connectivity index (χ2n) is 14.2. The molecule has 0 aromatic heterocycles. The molecular weight excluding hydrogens is 582 g/mol. The smallest absolute Gasteiger partial charge is 0.222 e. The second-order valence-corrected chi connectivity index (χ2v) is 14.2. The lowest BCUT2D eigenvalue weighted by molar-refractivity contribution is -0.124. The van der Waals surface area contributed by atoms with Crippen LogP contribution in [0.15, 0.2) is 24.3 Å². The number of unbranched alkanes of at least 4 members (excludes halogenated alkanes) is 26. The molecule has 278 valence electrons. The van der Waals surface area contributed by atoms with E-state index in [1.807, 2.05) is 6.08 Å². The molecule has 4 N–H and O–H groups in total. The van der Waals surface area contributed by atoms with Crippen molar-refractivity contribution in [3.63, 3.8) is 0 Å². The molecular formula is C42H81NO4. The summed E-state index contributed by atoms with van der Waals surface area (Å²) >= 11 is 0. The lowest BCUT2D eigenvalue weighted by Gasteiger charge is -2.21. The molecule has 0 aliphatic heterocycles. The van der Waals surface area contributed by atoms with Crippen LogP contribution in [-0.4, -0.2) is 46.1 Å². The largest absolute Gasteiger partial charge is 0.394 e. The Labute approximate surface area is 292 Å². The summed E-state index contributed by atoms with van der Waals surface area (Å²) in [6, 6.07) is -0.756. The van der Waals surface area contributed by atoms with E-state index in [0.29, 0.717) is 6.42 Å². The zero-order chi connectivity index (χ0) is 34.5. The number of carbonyl (C=O) groups is 1. The number of nitrogens with one attached hydrogen (secondary N) is 1. The number of allylic oxidation sites excluding steroid dienone is 3. The van der Waals surface area contributed by atoms with Crippen LogP contribution in [0.25, 0.3) is 0 Å². The minimum atomic E-state index is -0.947. The molecule has 0 spiro atoms. The van der Waals surface area contributed by atoms with Gasteiger partial charge in [-0.25, -0.2) is 0 Å². The maximum absolute atomic E-state index is 12.4. The summed E-state index contributed by atoms with van der Waals surface area (Å²) in [7, 11) is 0. The monoisotopic (exact) mass is 664 g/mol. The number of hydrogen-bond acceptors (Lipinski definition) is 4. The van der Waals surface area contributed by atoms with E-state index >= 15 is 0 Å². The first-order chi connectivity index (χ1) is 23.0. The van der Waals surface area contributed by atoms with Gasteiger partial charge in [-0.3, -0.25) is 4.79 Å². The van der Waals surface area contributed by atoms with Crippen molar-refractivity contribution in [2.45, 2.75) is 231 Å². The van der Waals surface area contributed by atoms with Gasteiger partial charge in [-0.2, -0.15) is 0 Å². The van der Waals surface area contributed by atoms with Gasteiger partial charge in [0.25, 0.3) is 0 Å². The molecule has 0 fully saturated rings. The molecule has 0 radical (unpaired) electrons. The van der Waals surface area contributed by atoms with E-state index in [0.717, 1.165) is 32.1 Å². The van der Waals surface area contributed by atoms with Gasteiger partial charge >= 0.3 is 0 Å². The Morgan fingerprint density at radius 3 is 1.36 bits per heavy atom. The Morgan fingerprint density at radius 1 is 0.532 bits per heavy atom. The summed E-state index contributed by atoms with van der Waals surface area (Å²) in [6.45, 7) is 4.20. The van der Waals surface area contributed by atoms with Crippen molar-refractivity contribution in [1.29, 1.82) is 0 Å². The summed E-state index contributed by atoms with van der Waals surface area (Å²) in [5, 5.41) is 33.1. The normalized spacial score (nSPS) is 13.9. The van der Waals surface area contributed by atoms with Gasteiger partial charge in [0.1, 0.15) is 0 Å². The highest BCUT2D eigenvalue weighted by Gasteiger charge is 2.20. The lowest BCUT2D eigenvalue weighted by Crippen LogP contribution is -2.45. The minimum Gasteiger partial charge on any atom is -0.394 e. The molecule has 0 rings (SSSR count). The van der Waals surface area contributed by atoms with Crippen LogP contribution in [0, 0.1) is 0 Å². The van der Waals surface area contributed by atoms with E-state index in [1.54, 1.807) is 6.08 Å². The number of aliphatic hydroxyl groups is 3. The third kappa shape index (κ3) is 34.5. The zero-order valence-electron chi connectivity index (χ0n) is 31.4. The third-order valence-corrected chi connectivity index (χ3v) is 9.49. The predicted molar refractivity (Wildman–Crippen MR) is 204 cm³/mol. The van der Waals surface area contributed by atoms with Gasteiger partial charge in [-0.15, -0.1) is 0 Å². The van der Waals surface area contributed by atoms with E-state index in [2.05, 4.69) is 31.3 Å². The molecule has 5 nitrogen and oxygen atoms in total. The molecule has 0 aromatic carbocycles. The molecule has 0 heterocycles. The second kappa shape index (κ2) is 37.6. The van der Waals surface area contributed by atoms with E-state index in [4.69, 9.17) is 0 Å². The molecule has 0 aliphatic carbocycles. The first-order valence-electron chi connectivity index (χ1n) is 20.6. The molecule has 0 bridgehead atoms. The summed E-state index contributed by atoms with van der Waals surface area (Å²) in [5.41, 5.74) is 0. The van der Waals surface area contributed by atoms with Gasteiger partial charge in [0, 0.05) is 0 Å². The van der Waals surface area contributed by atoms with Crippen LogP contribution in [0.2, 0.25) is 0 Å². The van der Waals surface area contributed by atoms with Crippen LogP contribution >= 0.6 is 0 Å². The fraction of sp³-hybridized carbons (Fsp3) is 0.881. The Balaban J connectivity index is 3.72. The molecule has 5 heteroatoms. The van der Waals surface area contributed by atoms with Gasteiger partial charge in [-0.05, 0) is 32.1 Å². The highest BCUT2D eigenvalue weighted by molar-refractivity contribution is 5.76. The maximum atomic E-state index is 12.4. The predicted octanol–water partition coefficient (Wildman–Crippen LogP) is 11.4. The molecule has 0 aliphatic rings. The van der Waals surface area contributed by atoms with Crippen LogP contribution in [-0.2, 0) is 4.79 Å². The minimum absolute atomic E-state index is 0.00917. The fourth-order valence-corrected chi connectivity index (χ4v) is 6.30. The average molecular weight is 664 g/mol. The zero-order valence-corrected chi connectivity index (χ0v) is 31.4. The number of aliphatic hydroxyl groups excluding tert-OH is 3. The Kier molecular flexibility index (Phi) is 36.7. The van der Waals surface area contributed by atoms with Crippen molar-refractivity contribution < 1.29 is 20.1 Å². The summed E-state index contributed by atoms with van der Waals surface area (Å²) in [6.07, 6.45) is 44.6. The van der Waals surface area contributed by atoms with Crippen LogP contribution in [0.3, 0.4) is 0 Å². The summed E-state index contributed by atoms with van der Waals surface area (Å²) in [4.78, 5) is 12.4. The fourth-order valence-electron chi connectivity index (χ4n) is 6.30. The Hall–Kier alpha value is -1.17. The first kappa shape index (κ1) is 45.8. The molecule has 0 aromatic rings. The molecule has 3 atom stereocenters. The van der Waals surface area contributed by atoms with E-state index in [-0.39, 0.29) is 18.9 Å². The van der Waals surface area contributed by atoms with Gasteiger partial charge in [-0.1, -0.05) is 199 Å². The van der Waals surface area contributed by atoms with E-state index in [1.165, 1.54) is 154 Å². The summed E-state index contributed by atoms with van der Waals surface area (Å²) < 4.78 is 0.